The molecule has 0 aromatic heterocycles. The van der Waals surface area contributed by atoms with Gasteiger partial charge in [0.25, 0.3) is 0 Å². The van der Waals surface area contributed by atoms with Gasteiger partial charge in [0.15, 0.2) is 0 Å². The van der Waals surface area contributed by atoms with Crippen molar-refractivity contribution in [3.05, 3.63) is 46.7 Å². The molecule has 1 aromatic rings. The van der Waals surface area contributed by atoms with Gasteiger partial charge in [-0.3, -0.25) is 9.59 Å². The number of hydrogen-bond acceptors (Lipinski definition) is 5. The molecule has 0 N–H and O–H groups in total. The minimum Gasteiger partial charge on any atom is -0.463 e. The van der Waals surface area contributed by atoms with Crippen molar-refractivity contribution in [1.82, 2.24) is 9.80 Å². The standard InChI is InChI=1S/C22H28N2O5/c1-4-29-22(27)21-16(3)24(14-20(26)23-8-10-28-11-9-23)19(25)13-18(21)17-7-5-6-15(2)12-17/h5-7,12,18H,4,8-11,13-14H2,1-3H3/t18-/m0/s1. The molecule has 2 aliphatic heterocycles. The average molecular weight is 400 g/mol. The van der Waals surface area contributed by atoms with Gasteiger partial charge in [0.1, 0.15) is 6.54 Å². The average Bonchev–Trinajstić information content (AvgIpc) is 2.71. The van der Waals surface area contributed by atoms with Gasteiger partial charge in [0.2, 0.25) is 11.8 Å². The number of nitrogens with zero attached hydrogens (tertiary/aromatic N) is 2. The lowest BCUT2D eigenvalue weighted by Crippen LogP contribution is -2.48. The smallest absolute Gasteiger partial charge is 0.336 e. The lowest BCUT2D eigenvalue weighted by Gasteiger charge is -2.36. The van der Waals surface area contributed by atoms with E-state index >= 15 is 0 Å². The normalized spacial score (nSPS) is 20.1. The Kier molecular flexibility index (Phi) is 6.69. The minimum atomic E-state index is -0.437. The molecule has 0 aliphatic carbocycles. The highest BCUT2D eigenvalue weighted by Gasteiger charge is 2.38. The predicted molar refractivity (Wildman–Crippen MR) is 107 cm³/mol. The third kappa shape index (κ3) is 4.67. The number of hydrogen-bond donors (Lipinski definition) is 0. The van der Waals surface area contributed by atoms with Crippen molar-refractivity contribution in [2.24, 2.45) is 0 Å². The van der Waals surface area contributed by atoms with Crippen LogP contribution in [0.15, 0.2) is 35.5 Å². The lowest BCUT2D eigenvalue weighted by molar-refractivity contribution is -0.144. The molecule has 1 atom stereocenters. The summed E-state index contributed by atoms with van der Waals surface area (Å²) in [7, 11) is 0. The number of benzene rings is 1. The van der Waals surface area contributed by atoms with Crippen LogP contribution in [0.25, 0.3) is 0 Å². The quantitative estimate of drug-likeness (QED) is 0.707. The monoisotopic (exact) mass is 400 g/mol. The van der Waals surface area contributed by atoms with Crippen LogP contribution in [-0.4, -0.2) is 67.0 Å². The molecule has 7 nitrogen and oxygen atoms in total. The van der Waals surface area contributed by atoms with Gasteiger partial charge in [-0.1, -0.05) is 29.8 Å². The Morgan fingerprint density at radius 3 is 2.59 bits per heavy atom. The van der Waals surface area contributed by atoms with Gasteiger partial charge in [0, 0.05) is 31.1 Å². The van der Waals surface area contributed by atoms with Crippen LogP contribution in [-0.2, 0) is 23.9 Å². The number of allylic oxidation sites excluding steroid dienone is 1. The fourth-order valence-electron chi connectivity index (χ4n) is 3.90. The summed E-state index contributed by atoms with van der Waals surface area (Å²) >= 11 is 0. The van der Waals surface area contributed by atoms with Crippen LogP contribution in [0, 0.1) is 6.92 Å². The maximum Gasteiger partial charge on any atom is 0.336 e. The first kappa shape index (κ1) is 21.0. The summed E-state index contributed by atoms with van der Waals surface area (Å²) in [6, 6.07) is 7.80. The summed E-state index contributed by atoms with van der Waals surface area (Å²) in [4.78, 5) is 41.6. The van der Waals surface area contributed by atoms with E-state index in [9.17, 15) is 14.4 Å². The van der Waals surface area contributed by atoms with Gasteiger partial charge < -0.3 is 19.3 Å². The van der Waals surface area contributed by atoms with Crippen molar-refractivity contribution < 1.29 is 23.9 Å². The number of carbonyl (C=O) groups is 3. The van der Waals surface area contributed by atoms with E-state index in [1.165, 1.54) is 4.90 Å². The molecule has 0 unspecified atom stereocenters. The Hall–Kier alpha value is -2.67. The van der Waals surface area contributed by atoms with E-state index in [-0.39, 0.29) is 37.3 Å². The van der Waals surface area contributed by atoms with E-state index in [0.717, 1.165) is 11.1 Å². The van der Waals surface area contributed by atoms with Crippen LogP contribution >= 0.6 is 0 Å². The van der Waals surface area contributed by atoms with Crippen molar-refractivity contribution in [3.63, 3.8) is 0 Å². The van der Waals surface area contributed by atoms with Crippen LogP contribution in [0.2, 0.25) is 0 Å². The van der Waals surface area contributed by atoms with E-state index in [0.29, 0.717) is 37.6 Å². The molecule has 1 saturated heterocycles. The van der Waals surface area contributed by atoms with E-state index in [4.69, 9.17) is 9.47 Å². The predicted octanol–water partition coefficient (Wildman–Crippen LogP) is 2.01. The van der Waals surface area contributed by atoms with Crippen molar-refractivity contribution in [2.75, 3.05) is 39.5 Å². The molecule has 7 heteroatoms. The number of amides is 2. The SMILES string of the molecule is CCOC(=O)C1=C(C)N(CC(=O)N2CCOCC2)C(=O)C[C@H]1c1cccc(C)c1. The number of aryl methyl sites for hydroxylation is 1. The van der Waals surface area contributed by atoms with Crippen LogP contribution in [0.1, 0.15) is 37.3 Å². The Morgan fingerprint density at radius 1 is 1.21 bits per heavy atom. The van der Waals surface area contributed by atoms with E-state index < -0.39 is 5.97 Å². The maximum absolute atomic E-state index is 13.0. The summed E-state index contributed by atoms with van der Waals surface area (Å²) in [5.74, 6) is -1.12. The maximum atomic E-state index is 13.0. The van der Waals surface area contributed by atoms with Crippen LogP contribution in [0.3, 0.4) is 0 Å². The zero-order chi connectivity index (χ0) is 21.0. The van der Waals surface area contributed by atoms with Crippen molar-refractivity contribution in [3.8, 4) is 0 Å². The van der Waals surface area contributed by atoms with E-state index in [2.05, 4.69) is 0 Å². The van der Waals surface area contributed by atoms with Crippen molar-refractivity contribution in [1.29, 1.82) is 0 Å². The minimum absolute atomic E-state index is 0.0753. The molecular weight excluding hydrogens is 372 g/mol. The second kappa shape index (κ2) is 9.22. The molecule has 2 aliphatic rings. The first-order valence-electron chi connectivity index (χ1n) is 10.0. The fraction of sp³-hybridized carbons (Fsp3) is 0.500. The molecule has 1 fully saturated rings. The van der Waals surface area contributed by atoms with Crippen molar-refractivity contribution in [2.45, 2.75) is 33.1 Å². The van der Waals surface area contributed by atoms with Crippen LogP contribution in [0.4, 0.5) is 0 Å². The Bertz CT molecular complexity index is 826. The van der Waals surface area contributed by atoms with Gasteiger partial charge in [-0.15, -0.1) is 0 Å². The first-order valence-corrected chi connectivity index (χ1v) is 10.0. The van der Waals surface area contributed by atoms with Gasteiger partial charge in [-0.2, -0.15) is 0 Å². The topological polar surface area (TPSA) is 76.2 Å². The Labute approximate surface area is 171 Å². The third-order valence-corrected chi connectivity index (χ3v) is 5.42. The lowest BCUT2D eigenvalue weighted by atomic mass is 9.83. The summed E-state index contributed by atoms with van der Waals surface area (Å²) in [5, 5.41) is 0. The second-order valence-corrected chi connectivity index (χ2v) is 7.36. The summed E-state index contributed by atoms with van der Waals surface area (Å²) < 4.78 is 10.6. The van der Waals surface area contributed by atoms with Gasteiger partial charge >= 0.3 is 5.97 Å². The van der Waals surface area contributed by atoms with Gasteiger partial charge in [-0.25, -0.2) is 4.79 Å². The summed E-state index contributed by atoms with van der Waals surface area (Å²) in [5.41, 5.74) is 2.90. The fourth-order valence-corrected chi connectivity index (χ4v) is 3.90. The van der Waals surface area contributed by atoms with Gasteiger partial charge in [-0.05, 0) is 26.3 Å². The highest BCUT2D eigenvalue weighted by atomic mass is 16.5. The van der Waals surface area contributed by atoms with Crippen molar-refractivity contribution >= 4 is 17.8 Å². The van der Waals surface area contributed by atoms with Gasteiger partial charge in [0.05, 0.1) is 25.4 Å². The Morgan fingerprint density at radius 2 is 1.93 bits per heavy atom. The molecule has 0 saturated carbocycles. The third-order valence-electron chi connectivity index (χ3n) is 5.42. The zero-order valence-corrected chi connectivity index (χ0v) is 17.3. The first-order chi connectivity index (χ1) is 13.9. The molecule has 3 rings (SSSR count). The molecule has 0 spiro atoms. The number of morpholine rings is 1. The summed E-state index contributed by atoms with van der Waals surface area (Å²) in [6.45, 7) is 7.64. The molecule has 0 bridgehead atoms. The van der Waals surface area contributed by atoms with E-state index in [1.54, 1.807) is 18.7 Å². The Balaban J connectivity index is 1.93. The van der Waals surface area contributed by atoms with E-state index in [1.807, 2.05) is 31.2 Å². The highest BCUT2D eigenvalue weighted by molar-refractivity contribution is 5.97. The molecule has 2 heterocycles. The highest BCUT2D eigenvalue weighted by Crippen LogP contribution is 2.37. The van der Waals surface area contributed by atoms with Crippen LogP contribution in [0.5, 0.6) is 0 Å². The second-order valence-electron chi connectivity index (χ2n) is 7.36. The molecular formula is C22H28N2O5. The number of ether oxygens (including phenoxy) is 2. The number of rotatable bonds is 5. The number of esters is 1. The molecule has 0 radical (unpaired) electrons. The molecule has 2 amide bonds. The number of carbonyl (C=O) groups excluding carboxylic acids is 3. The molecule has 29 heavy (non-hydrogen) atoms. The largest absolute Gasteiger partial charge is 0.463 e. The van der Waals surface area contributed by atoms with Crippen LogP contribution < -0.4 is 0 Å². The molecule has 156 valence electrons. The summed E-state index contributed by atoms with van der Waals surface area (Å²) in [6.07, 6.45) is 0.130. The molecule has 1 aromatic carbocycles. The zero-order valence-electron chi connectivity index (χ0n) is 17.3.